The highest BCUT2D eigenvalue weighted by molar-refractivity contribution is 6.18. The van der Waals surface area contributed by atoms with Gasteiger partial charge in [-0.15, -0.1) is 0 Å². The quantitative estimate of drug-likeness (QED) is 0.0146. The van der Waals surface area contributed by atoms with Crippen LogP contribution >= 0.6 is 0 Å². The van der Waals surface area contributed by atoms with Crippen molar-refractivity contribution in [2.45, 2.75) is 131 Å². The van der Waals surface area contributed by atoms with E-state index in [1.54, 1.807) is 0 Å². The molecule has 0 saturated carbocycles. The van der Waals surface area contributed by atoms with Crippen molar-refractivity contribution in [3.05, 3.63) is 129 Å². The molecule has 0 aliphatic carbocycles. The van der Waals surface area contributed by atoms with E-state index in [0.717, 1.165) is 51.4 Å². The fraction of sp³-hybridized carbons (Fsp3) is 0.407. The Labute approximate surface area is 387 Å². The average molecular weight is 903 g/mol. The first kappa shape index (κ1) is 52.1. The highest BCUT2D eigenvalue weighted by Gasteiger charge is 2.28. The van der Waals surface area contributed by atoms with Crippen molar-refractivity contribution in [2.75, 3.05) is 0 Å². The van der Waals surface area contributed by atoms with Crippen molar-refractivity contribution in [1.29, 1.82) is 0 Å². The number of hydrogen-bond donors (Lipinski definition) is 0. The molecule has 0 radical (unpaired) electrons. The normalized spacial score (nSPS) is 11.0. The fourth-order valence-corrected chi connectivity index (χ4v) is 7.18. The number of rotatable bonds is 26. The number of carbonyl (C=O) groups is 8. The van der Waals surface area contributed by atoms with Gasteiger partial charge in [-0.25, -0.2) is 19.4 Å². The lowest BCUT2D eigenvalue weighted by Gasteiger charge is -2.14. The molecule has 12 nitrogen and oxygen atoms in total. The maximum Gasteiger partial charge on any atom is 0.387 e. The Hall–Kier alpha value is -6.56. The number of ketones is 4. The predicted octanol–water partition coefficient (Wildman–Crippen LogP) is 12.1. The van der Waals surface area contributed by atoms with Crippen LogP contribution in [-0.4, -0.2) is 47.0 Å². The van der Waals surface area contributed by atoms with Gasteiger partial charge in [0, 0.05) is 47.9 Å². The zero-order chi connectivity index (χ0) is 48.2. The first-order valence-electron chi connectivity index (χ1n) is 23.1. The molecule has 350 valence electrons. The molecule has 0 aliphatic rings. The molecule has 0 amide bonds. The fourth-order valence-electron chi connectivity index (χ4n) is 7.18. The summed E-state index contributed by atoms with van der Waals surface area (Å²) in [6.07, 6.45) is 9.98. The highest BCUT2D eigenvalue weighted by Crippen LogP contribution is 2.29. The first-order chi connectivity index (χ1) is 31.6. The summed E-state index contributed by atoms with van der Waals surface area (Å²) in [5.74, 6) is -5.88. The second-order valence-electron chi connectivity index (χ2n) is 17.2. The largest absolute Gasteiger partial charge is 0.426 e. The van der Waals surface area contributed by atoms with Crippen molar-refractivity contribution in [1.82, 2.24) is 0 Å². The van der Waals surface area contributed by atoms with Crippen LogP contribution in [0.15, 0.2) is 84.9 Å². The second-order valence-corrected chi connectivity index (χ2v) is 17.2. The van der Waals surface area contributed by atoms with Gasteiger partial charge in [0.2, 0.25) is 0 Å². The van der Waals surface area contributed by atoms with E-state index >= 15 is 0 Å². The van der Waals surface area contributed by atoms with E-state index in [4.69, 9.17) is 19.2 Å². The van der Waals surface area contributed by atoms with Gasteiger partial charge in [-0.1, -0.05) is 129 Å². The number of ether oxygens (including phenoxy) is 2. The van der Waals surface area contributed by atoms with E-state index in [-0.39, 0.29) is 105 Å². The molecule has 66 heavy (non-hydrogen) atoms. The molecule has 4 aromatic carbocycles. The van der Waals surface area contributed by atoms with Gasteiger partial charge in [0.1, 0.15) is 11.5 Å². The summed E-state index contributed by atoms with van der Waals surface area (Å²) in [5.41, 5.74) is -0.837. The molecule has 0 fully saturated rings. The van der Waals surface area contributed by atoms with Crippen molar-refractivity contribution in [3.8, 4) is 11.5 Å². The van der Waals surface area contributed by atoms with Gasteiger partial charge in [-0.05, 0) is 73.2 Å². The molecular weight excluding hydrogens is 841 g/mol. The molecule has 0 atom stereocenters. The van der Waals surface area contributed by atoms with E-state index in [1.165, 1.54) is 84.9 Å². The van der Waals surface area contributed by atoms with Gasteiger partial charge >= 0.3 is 23.9 Å². The number of esters is 2. The molecule has 0 aliphatic heterocycles. The Balaban J connectivity index is 1.61. The van der Waals surface area contributed by atoms with Crippen LogP contribution in [0, 0.1) is 11.8 Å². The van der Waals surface area contributed by atoms with Gasteiger partial charge in [-0.2, -0.15) is 0 Å². The van der Waals surface area contributed by atoms with Crippen LogP contribution in [-0.2, 0) is 19.4 Å². The van der Waals surface area contributed by atoms with Gasteiger partial charge in [0.25, 0.3) is 0 Å². The summed E-state index contributed by atoms with van der Waals surface area (Å²) in [4.78, 5) is 118. The van der Waals surface area contributed by atoms with Crippen molar-refractivity contribution in [3.63, 3.8) is 0 Å². The summed E-state index contributed by atoms with van der Waals surface area (Å²) < 4.78 is 11.2. The Morgan fingerprint density at radius 1 is 0.424 bits per heavy atom. The zero-order valence-corrected chi connectivity index (χ0v) is 39.0. The third-order valence-electron chi connectivity index (χ3n) is 10.7. The summed E-state index contributed by atoms with van der Waals surface area (Å²) in [5, 5.41) is 0. The smallest absolute Gasteiger partial charge is 0.387 e. The first-order valence-corrected chi connectivity index (χ1v) is 23.1. The van der Waals surface area contributed by atoms with Crippen LogP contribution < -0.4 is 9.47 Å². The van der Waals surface area contributed by atoms with Gasteiger partial charge in [0.05, 0.1) is 22.3 Å². The summed E-state index contributed by atoms with van der Waals surface area (Å²) in [7, 11) is 0. The van der Waals surface area contributed by atoms with Crippen molar-refractivity contribution >= 4 is 47.0 Å². The van der Waals surface area contributed by atoms with Crippen LogP contribution in [0.3, 0.4) is 0 Å². The molecular formula is C54H62O12. The maximum atomic E-state index is 14.3. The highest BCUT2D eigenvalue weighted by atomic mass is 17.2. The van der Waals surface area contributed by atoms with E-state index in [1.807, 2.05) is 27.7 Å². The molecule has 0 spiro atoms. The van der Waals surface area contributed by atoms with Crippen molar-refractivity contribution in [2.24, 2.45) is 11.8 Å². The van der Waals surface area contributed by atoms with Crippen LogP contribution in [0.5, 0.6) is 11.5 Å². The third kappa shape index (κ3) is 15.6. The lowest BCUT2D eigenvalue weighted by Crippen LogP contribution is -2.19. The van der Waals surface area contributed by atoms with Crippen LogP contribution in [0.4, 0.5) is 0 Å². The minimum atomic E-state index is -1.24. The Bertz CT molecular complexity index is 2210. The lowest BCUT2D eigenvalue weighted by molar-refractivity contribution is -0.187. The summed E-state index contributed by atoms with van der Waals surface area (Å²) in [6, 6.07) is 19.6. The van der Waals surface area contributed by atoms with Crippen LogP contribution in [0.25, 0.3) is 0 Å². The number of carbonyl (C=O) groups excluding carboxylic acids is 8. The van der Waals surface area contributed by atoms with E-state index in [0.29, 0.717) is 12.8 Å². The van der Waals surface area contributed by atoms with Crippen LogP contribution in [0.2, 0.25) is 0 Å². The predicted molar refractivity (Wildman–Crippen MR) is 249 cm³/mol. The minimum absolute atomic E-state index is 0.0400. The maximum absolute atomic E-state index is 14.3. The molecule has 4 aromatic rings. The van der Waals surface area contributed by atoms with Crippen molar-refractivity contribution < 1.29 is 57.6 Å². The summed E-state index contributed by atoms with van der Waals surface area (Å²) in [6.45, 7) is 11.6. The van der Waals surface area contributed by atoms with Gasteiger partial charge < -0.3 is 9.47 Å². The molecule has 0 N–H and O–H groups in total. The monoisotopic (exact) mass is 902 g/mol. The minimum Gasteiger partial charge on any atom is -0.426 e. The summed E-state index contributed by atoms with van der Waals surface area (Å²) >= 11 is 0. The number of Topliss-reactive ketones (excluding diaryl/α,β-unsaturated/α-hetero) is 2. The molecule has 4 rings (SSSR count). The van der Waals surface area contributed by atoms with Gasteiger partial charge in [-0.3, -0.25) is 28.8 Å². The standard InChI is InChI=1S/C54H62O12/c1-7-9-11-13-15-25-45(55)37-27-29-47(63-49(57)31-35(3)4)43(33-37)51(59)39-21-17-19-23-41(39)53(61)65-66-54(62)42-24-20-18-22-40(42)52(60)44-34-38(46(56)26-16-14-12-10-8-2)28-30-48(44)64-50(58)32-36(5)6/h17-24,27-30,33-36H,7-16,25-26,31-32H2,1-6H3. The van der Waals surface area contributed by atoms with E-state index in [2.05, 4.69) is 13.8 Å². The van der Waals surface area contributed by atoms with E-state index < -0.39 is 35.4 Å². The number of benzene rings is 4. The Morgan fingerprint density at radius 3 is 1.12 bits per heavy atom. The SMILES string of the molecule is CCCCCCCC(=O)c1ccc(OC(=O)CC(C)C)c(C(=O)c2ccccc2C(=O)OOC(=O)c2ccccc2C(=O)c2cc(C(=O)CCCCCCC)ccc2OC(=O)CC(C)C)c1. The van der Waals surface area contributed by atoms with Crippen LogP contribution in [0.1, 0.15) is 205 Å². The Morgan fingerprint density at radius 2 is 0.773 bits per heavy atom. The molecule has 0 heterocycles. The molecule has 0 unspecified atom stereocenters. The zero-order valence-electron chi connectivity index (χ0n) is 39.0. The topological polar surface area (TPSA) is 173 Å². The molecule has 0 aromatic heterocycles. The lowest BCUT2D eigenvalue weighted by atomic mass is 9.94. The van der Waals surface area contributed by atoms with Gasteiger partial charge in [0.15, 0.2) is 23.1 Å². The second kappa shape index (κ2) is 26.4. The van der Waals surface area contributed by atoms with E-state index in [9.17, 15) is 38.4 Å². The third-order valence-corrected chi connectivity index (χ3v) is 10.7. The molecule has 0 saturated heterocycles. The molecule has 12 heteroatoms. The number of hydrogen-bond acceptors (Lipinski definition) is 12. The Kier molecular flexibility index (Phi) is 20.8. The average Bonchev–Trinajstić information content (AvgIpc) is 3.29. The molecule has 0 bridgehead atoms. The number of unbranched alkanes of at least 4 members (excludes halogenated alkanes) is 8.